The van der Waals surface area contributed by atoms with Gasteiger partial charge in [-0.3, -0.25) is 4.68 Å². The van der Waals surface area contributed by atoms with Crippen LogP contribution in [0.2, 0.25) is 0 Å². The lowest BCUT2D eigenvalue weighted by Gasteiger charge is -2.09. The zero-order chi connectivity index (χ0) is 32.7. The first-order chi connectivity index (χ1) is 24.2. The Morgan fingerprint density at radius 2 is 1.10 bits per heavy atom. The van der Waals surface area contributed by atoms with Crippen molar-refractivity contribution in [2.24, 2.45) is 0 Å². The Bertz CT molecular complexity index is 2680. The van der Waals surface area contributed by atoms with Gasteiger partial charge in [0.2, 0.25) is 0 Å². The van der Waals surface area contributed by atoms with Gasteiger partial charge in [0.1, 0.15) is 0 Å². The van der Waals surface area contributed by atoms with Crippen molar-refractivity contribution in [2.45, 2.75) is 0 Å². The number of hydrogen-bond acceptors (Lipinski definition) is 3. The van der Waals surface area contributed by atoms with Gasteiger partial charge in [-0.2, -0.15) is 0 Å². The van der Waals surface area contributed by atoms with Crippen molar-refractivity contribution in [1.82, 2.24) is 4.68 Å². The van der Waals surface area contributed by atoms with E-state index in [1.165, 1.54) is 53.2 Å². The van der Waals surface area contributed by atoms with Crippen molar-refractivity contribution >= 4 is 59.0 Å². The lowest BCUT2D eigenvalue weighted by molar-refractivity contribution is 1.05. The number of rotatable bonds is 7. The lowest BCUT2D eigenvalue weighted by Crippen LogP contribution is -2.08. The van der Waals surface area contributed by atoms with Crippen molar-refractivity contribution in [3.05, 3.63) is 182 Å². The van der Waals surface area contributed by atoms with Crippen molar-refractivity contribution in [2.75, 3.05) is 5.43 Å². The summed E-state index contributed by atoms with van der Waals surface area (Å²) >= 11 is 1.86. The summed E-state index contributed by atoms with van der Waals surface area (Å²) in [5.74, 6) is 0. The Morgan fingerprint density at radius 3 is 1.88 bits per heavy atom. The van der Waals surface area contributed by atoms with Crippen LogP contribution in [0.4, 0.5) is 0 Å². The van der Waals surface area contributed by atoms with Crippen LogP contribution in [-0.4, -0.2) is 10.4 Å². The first-order valence-electron chi connectivity index (χ1n) is 16.4. The minimum absolute atomic E-state index is 0.443. The quantitative estimate of drug-likeness (QED) is 0.166. The monoisotopic (exact) mass is 645 g/mol. The first-order valence-corrected chi connectivity index (χ1v) is 17.2. The maximum absolute atomic E-state index is 8.78. The Kier molecular flexibility index (Phi) is 7.15. The molecule has 7 aromatic carbocycles. The largest absolute Gasteiger partial charge is 0.301 e. The van der Waals surface area contributed by atoms with E-state index in [4.69, 9.17) is 5.41 Å². The van der Waals surface area contributed by atoms with E-state index in [0.29, 0.717) is 5.71 Å². The highest BCUT2D eigenvalue weighted by Gasteiger charge is 2.14. The van der Waals surface area contributed by atoms with Gasteiger partial charge in [-0.05, 0) is 69.3 Å². The minimum Gasteiger partial charge on any atom is -0.301 e. The molecule has 3 nitrogen and oxygen atoms in total. The smallest absolute Gasteiger partial charge is 0.0710 e. The fraction of sp³-hybridized carbons (Fsp3) is 0. The number of thiophene rings is 1. The summed E-state index contributed by atoms with van der Waals surface area (Å²) in [6.45, 7) is 0. The van der Waals surface area contributed by atoms with E-state index >= 15 is 0 Å². The molecule has 232 valence electrons. The van der Waals surface area contributed by atoms with E-state index in [1.54, 1.807) is 0 Å². The molecule has 49 heavy (non-hydrogen) atoms. The van der Waals surface area contributed by atoms with Gasteiger partial charge < -0.3 is 10.8 Å². The predicted octanol–water partition coefficient (Wildman–Crippen LogP) is 12.3. The number of hydrogen-bond donors (Lipinski definition) is 2. The van der Waals surface area contributed by atoms with Crippen LogP contribution in [0, 0.1) is 5.41 Å². The van der Waals surface area contributed by atoms with Gasteiger partial charge in [-0.1, -0.05) is 140 Å². The van der Waals surface area contributed by atoms with E-state index in [0.717, 1.165) is 27.7 Å². The topological polar surface area (TPSA) is 40.8 Å². The summed E-state index contributed by atoms with van der Waals surface area (Å²) in [5.41, 5.74) is 14.1. The zero-order valence-corrected chi connectivity index (χ0v) is 27.4. The van der Waals surface area contributed by atoms with Crippen LogP contribution < -0.4 is 5.43 Å². The standard InChI is InChI=1S/C45H31N3S/c46-41(34-23-21-33(22-24-34)32-19-17-31(18-20-32)30-9-2-1-3-10-30)27-28-47-48-42-15-6-4-11-37(42)40-29-35(25-26-43(40)48)36-13-8-14-39-38-12-5-7-16-44(38)49-45(36)39/h1-29,46-47H/b28-27-,46-41?. The van der Waals surface area contributed by atoms with Gasteiger partial charge in [-0.25, -0.2) is 0 Å². The molecule has 0 saturated carbocycles. The van der Waals surface area contributed by atoms with Crippen molar-refractivity contribution in [3.8, 4) is 33.4 Å². The van der Waals surface area contributed by atoms with Gasteiger partial charge in [0, 0.05) is 37.1 Å². The molecule has 0 fully saturated rings. The van der Waals surface area contributed by atoms with Crippen LogP contribution in [0.3, 0.4) is 0 Å². The third-order valence-corrected chi connectivity index (χ3v) is 10.6. The molecule has 0 aliphatic carbocycles. The molecule has 2 N–H and O–H groups in total. The third kappa shape index (κ3) is 5.20. The second kappa shape index (κ2) is 12.1. The second-order valence-corrected chi connectivity index (χ2v) is 13.3. The maximum Gasteiger partial charge on any atom is 0.0710 e. The number of aromatic nitrogens is 1. The second-order valence-electron chi connectivity index (χ2n) is 12.3. The van der Waals surface area contributed by atoms with Crippen LogP contribution in [0.1, 0.15) is 5.56 Å². The molecule has 2 heterocycles. The van der Waals surface area contributed by atoms with Crippen LogP contribution in [-0.2, 0) is 0 Å². The molecule has 0 radical (unpaired) electrons. The SMILES string of the molecule is N=C(/C=C\Nn1c2ccccc2c2cc(-c3cccc4c3sc3ccccc34)ccc21)c1ccc(-c2ccc(-c3ccccc3)cc2)cc1. The van der Waals surface area contributed by atoms with Crippen LogP contribution in [0.15, 0.2) is 176 Å². The molecule has 0 saturated heterocycles. The molecule has 0 amide bonds. The number of nitrogens with one attached hydrogen (secondary N) is 2. The zero-order valence-electron chi connectivity index (χ0n) is 26.6. The Balaban J connectivity index is 0.976. The molecule has 4 heteroatoms. The maximum atomic E-state index is 8.78. The number of nitrogens with zero attached hydrogens (tertiary/aromatic N) is 1. The first kappa shape index (κ1) is 29.0. The molecule has 0 atom stereocenters. The van der Waals surface area contributed by atoms with Gasteiger partial charge >= 0.3 is 0 Å². The average molecular weight is 646 g/mol. The van der Waals surface area contributed by atoms with E-state index < -0.39 is 0 Å². The number of para-hydroxylation sites is 1. The number of benzene rings is 7. The third-order valence-electron chi connectivity index (χ3n) is 9.36. The fourth-order valence-electron chi connectivity index (χ4n) is 6.87. The molecule has 0 aliphatic heterocycles. The molecule has 0 aliphatic rings. The van der Waals surface area contributed by atoms with Crippen LogP contribution in [0.5, 0.6) is 0 Å². The fourth-order valence-corrected chi connectivity index (χ4v) is 8.11. The van der Waals surface area contributed by atoms with Crippen molar-refractivity contribution in [1.29, 1.82) is 5.41 Å². The molecule has 0 bridgehead atoms. The van der Waals surface area contributed by atoms with E-state index in [-0.39, 0.29) is 0 Å². The van der Waals surface area contributed by atoms with Crippen molar-refractivity contribution in [3.63, 3.8) is 0 Å². The van der Waals surface area contributed by atoms with Gasteiger partial charge in [0.15, 0.2) is 0 Å². The van der Waals surface area contributed by atoms with E-state index in [1.807, 2.05) is 41.8 Å². The van der Waals surface area contributed by atoms with Gasteiger partial charge in [0.05, 0.1) is 16.7 Å². The number of allylic oxidation sites excluding steroid dienone is 1. The normalized spacial score (nSPS) is 11.7. The highest BCUT2D eigenvalue weighted by Crippen LogP contribution is 2.41. The van der Waals surface area contributed by atoms with E-state index in [2.05, 4.69) is 156 Å². The summed E-state index contributed by atoms with van der Waals surface area (Å²) in [5, 5.41) is 13.8. The minimum atomic E-state index is 0.443. The molecule has 9 rings (SSSR count). The summed E-state index contributed by atoms with van der Waals surface area (Å²) < 4.78 is 4.75. The number of fused-ring (bicyclic) bond motifs is 6. The summed E-state index contributed by atoms with van der Waals surface area (Å²) in [4.78, 5) is 0. The van der Waals surface area contributed by atoms with Gasteiger partial charge in [-0.15, -0.1) is 11.3 Å². The Hall–Kier alpha value is -6.23. The van der Waals surface area contributed by atoms with Gasteiger partial charge in [0.25, 0.3) is 0 Å². The van der Waals surface area contributed by atoms with Crippen LogP contribution in [0.25, 0.3) is 75.4 Å². The van der Waals surface area contributed by atoms with Crippen molar-refractivity contribution < 1.29 is 0 Å². The molecular weight excluding hydrogens is 615 g/mol. The molecule has 0 spiro atoms. The summed E-state index contributed by atoms with van der Waals surface area (Å²) in [6, 6.07) is 57.8. The summed E-state index contributed by atoms with van der Waals surface area (Å²) in [6.07, 6.45) is 3.68. The summed E-state index contributed by atoms with van der Waals surface area (Å²) in [7, 11) is 0. The highest BCUT2D eigenvalue weighted by atomic mass is 32.1. The molecule has 2 aromatic heterocycles. The Labute approximate surface area is 288 Å². The highest BCUT2D eigenvalue weighted by molar-refractivity contribution is 7.26. The molecule has 0 unspecified atom stereocenters. The Morgan fingerprint density at radius 1 is 0.510 bits per heavy atom. The molecule has 9 aromatic rings. The molecular formula is C45H31N3S. The predicted molar refractivity (Wildman–Crippen MR) is 210 cm³/mol. The average Bonchev–Trinajstić information content (AvgIpc) is 3.71. The van der Waals surface area contributed by atoms with E-state index in [9.17, 15) is 0 Å². The lowest BCUT2D eigenvalue weighted by atomic mass is 9.99. The van der Waals surface area contributed by atoms with Crippen LogP contribution >= 0.6 is 11.3 Å².